The highest BCUT2D eigenvalue weighted by Crippen LogP contribution is 2.39. The molecule has 13 heteroatoms. The second kappa shape index (κ2) is 19.2. The van der Waals surface area contributed by atoms with Crippen LogP contribution in [0.2, 0.25) is 0 Å². The van der Waals surface area contributed by atoms with Crippen molar-refractivity contribution in [3.05, 3.63) is 71.8 Å². The molecule has 3 saturated heterocycles. The van der Waals surface area contributed by atoms with Gasteiger partial charge in [0.05, 0.1) is 35.0 Å². The van der Waals surface area contributed by atoms with Gasteiger partial charge in [-0.1, -0.05) is 62.4 Å². The maximum Gasteiger partial charge on any atom is 0.410 e. The fourth-order valence-corrected chi connectivity index (χ4v) is 8.74. The van der Waals surface area contributed by atoms with Gasteiger partial charge in [-0.15, -0.1) is 0 Å². The van der Waals surface area contributed by atoms with E-state index in [0.29, 0.717) is 50.9 Å². The average molecular weight is 794 g/mol. The van der Waals surface area contributed by atoms with Crippen LogP contribution >= 0.6 is 0 Å². The Morgan fingerprint density at radius 1 is 0.947 bits per heavy atom. The summed E-state index contributed by atoms with van der Waals surface area (Å²) in [4.78, 5) is 60.6. The maximum atomic E-state index is 14.4. The van der Waals surface area contributed by atoms with E-state index in [0.717, 1.165) is 5.56 Å². The zero-order chi connectivity index (χ0) is 41.5. The molecule has 0 radical (unpaired) electrons. The number of hydrogen-bond acceptors (Lipinski definition) is 12. The fourth-order valence-electron chi connectivity index (χ4n) is 8.74. The molecule has 3 aliphatic heterocycles. The van der Waals surface area contributed by atoms with Crippen molar-refractivity contribution in [3.8, 4) is 0 Å². The number of likely N-dealkylation sites (N-methyl/N-ethyl adjacent to an activating group) is 2. The number of nitrogens with zero attached hydrogens (tertiary/aromatic N) is 3. The number of ketones is 1. The topological polar surface area (TPSA) is 133 Å². The van der Waals surface area contributed by atoms with Gasteiger partial charge in [0.25, 0.3) is 0 Å². The lowest BCUT2D eigenvalue weighted by molar-refractivity contribution is -0.294. The number of likely N-dealkylation sites (tertiary alicyclic amines) is 1. The summed E-state index contributed by atoms with van der Waals surface area (Å²) < 4.78 is 37.5. The number of rotatable bonds is 8. The molecule has 1 amide bonds. The number of Topliss-reactive ketones (excluding diaryl/α,β-unsaturated/α-hetero) is 1. The number of piperidine rings is 1. The minimum absolute atomic E-state index is 0.0143. The number of methoxy groups -OCH3 is 1. The summed E-state index contributed by atoms with van der Waals surface area (Å²) in [5, 5.41) is 0. The number of cyclic esters (lactones) is 1. The van der Waals surface area contributed by atoms with Gasteiger partial charge in [0, 0.05) is 32.7 Å². The van der Waals surface area contributed by atoms with Crippen LogP contribution in [0, 0.1) is 17.8 Å². The Hall–Kier alpha value is -3.88. The van der Waals surface area contributed by atoms with Gasteiger partial charge in [-0.3, -0.25) is 14.5 Å². The third kappa shape index (κ3) is 10.6. The number of carbonyl (C=O) groups is 4. The van der Waals surface area contributed by atoms with Crippen molar-refractivity contribution in [2.75, 3.05) is 54.5 Å². The van der Waals surface area contributed by atoms with Crippen LogP contribution in [-0.2, 0) is 44.6 Å². The van der Waals surface area contributed by atoms with Crippen LogP contribution < -0.4 is 0 Å². The van der Waals surface area contributed by atoms with Crippen molar-refractivity contribution < 1.29 is 47.6 Å². The van der Waals surface area contributed by atoms with Crippen molar-refractivity contribution in [1.82, 2.24) is 14.7 Å². The molecule has 13 nitrogen and oxygen atoms in total. The van der Waals surface area contributed by atoms with Crippen molar-refractivity contribution in [2.24, 2.45) is 17.8 Å². The van der Waals surface area contributed by atoms with Crippen LogP contribution in [0.25, 0.3) is 0 Å². The molecular formula is C44H63N3O10. The first-order valence-electron chi connectivity index (χ1n) is 20.2. The predicted molar refractivity (Wildman–Crippen MR) is 213 cm³/mol. The molecule has 57 heavy (non-hydrogen) atoms. The first-order valence-corrected chi connectivity index (χ1v) is 20.2. The minimum Gasteiger partial charge on any atom is -0.463 e. The van der Waals surface area contributed by atoms with Crippen LogP contribution in [0.15, 0.2) is 60.7 Å². The normalized spacial score (nSPS) is 31.8. The van der Waals surface area contributed by atoms with Crippen molar-refractivity contribution in [1.29, 1.82) is 0 Å². The lowest BCUT2D eigenvalue weighted by atomic mass is 9.78. The van der Waals surface area contributed by atoms with Gasteiger partial charge in [-0.05, 0) is 91.2 Å². The molecule has 0 saturated carbocycles. The highest BCUT2D eigenvalue weighted by atomic mass is 16.7. The number of benzene rings is 2. The third-order valence-electron chi connectivity index (χ3n) is 12.3. The molecule has 0 bridgehead atoms. The Labute approximate surface area is 338 Å². The van der Waals surface area contributed by atoms with Gasteiger partial charge in [-0.25, -0.2) is 9.59 Å². The number of ether oxygens (including phenoxy) is 6. The SMILES string of the molecule is CO[C@]1(C)C[C@@H](C)CN(C)C2(CCN(C(=O)OCc3ccccc3)CC2)COC(=O)C(C)C(=O)[C@H](C)[C@H]1O[C@@H]1O[C@H](C)C[C@H](N(C)C)[C@H]1OC(=O)c1ccccc1. The average Bonchev–Trinajstić information content (AvgIpc) is 3.21. The van der Waals surface area contributed by atoms with Gasteiger partial charge in [0.1, 0.15) is 19.1 Å². The molecule has 3 aliphatic rings. The van der Waals surface area contributed by atoms with Gasteiger partial charge in [0.15, 0.2) is 18.2 Å². The summed E-state index contributed by atoms with van der Waals surface area (Å²) in [5.74, 6) is -3.42. The molecular weight excluding hydrogens is 730 g/mol. The van der Waals surface area contributed by atoms with Crippen LogP contribution in [-0.4, -0.2) is 135 Å². The van der Waals surface area contributed by atoms with E-state index < -0.39 is 53.4 Å². The van der Waals surface area contributed by atoms with E-state index in [1.165, 1.54) is 0 Å². The summed E-state index contributed by atoms with van der Waals surface area (Å²) in [6, 6.07) is 18.1. The van der Waals surface area contributed by atoms with E-state index in [-0.39, 0.29) is 43.2 Å². The molecule has 2 aromatic rings. The summed E-state index contributed by atoms with van der Waals surface area (Å²) in [5.41, 5.74) is -0.312. The van der Waals surface area contributed by atoms with Gasteiger partial charge in [-0.2, -0.15) is 0 Å². The maximum absolute atomic E-state index is 14.4. The van der Waals surface area contributed by atoms with Gasteiger partial charge >= 0.3 is 18.0 Å². The Balaban J connectivity index is 1.39. The minimum atomic E-state index is -1.10. The summed E-state index contributed by atoms with van der Waals surface area (Å²) in [7, 11) is 7.47. The number of amides is 1. The first-order chi connectivity index (χ1) is 27.1. The molecule has 3 fully saturated rings. The third-order valence-corrected chi connectivity index (χ3v) is 12.3. The molecule has 1 unspecified atom stereocenters. The molecule has 0 aliphatic carbocycles. The summed E-state index contributed by atoms with van der Waals surface area (Å²) >= 11 is 0. The van der Waals surface area contributed by atoms with Gasteiger partial charge < -0.3 is 38.2 Å². The Morgan fingerprint density at radius 3 is 2.19 bits per heavy atom. The van der Waals surface area contributed by atoms with E-state index in [4.69, 9.17) is 28.4 Å². The fraction of sp³-hybridized carbons (Fsp3) is 0.636. The van der Waals surface area contributed by atoms with E-state index in [2.05, 4.69) is 11.8 Å². The smallest absolute Gasteiger partial charge is 0.410 e. The molecule has 0 N–H and O–H groups in total. The molecule has 2 aromatic carbocycles. The molecule has 0 aromatic heterocycles. The summed E-state index contributed by atoms with van der Waals surface area (Å²) in [6.45, 7) is 11.0. The zero-order valence-corrected chi connectivity index (χ0v) is 35.2. The quantitative estimate of drug-likeness (QED) is 0.187. The molecule has 5 rings (SSSR count). The second-order valence-corrected chi connectivity index (χ2v) is 16.9. The first kappa shape index (κ1) is 44.2. The highest BCUT2D eigenvalue weighted by molar-refractivity contribution is 6.00. The Kier molecular flexibility index (Phi) is 14.9. The van der Waals surface area contributed by atoms with E-state index >= 15 is 0 Å². The lowest BCUT2D eigenvalue weighted by Crippen LogP contribution is -2.60. The van der Waals surface area contributed by atoms with Crippen molar-refractivity contribution in [2.45, 2.75) is 109 Å². The van der Waals surface area contributed by atoms with Crippen LogP contribution in [0.4, 0.5) is 4.79 Å². The van der Waals surface area contributed by atoms with Crippen molar-refractivity contribution >= 4 is 23.8 Å². The standard InChI is InChI=1S/C44H63N3O10/c1-29-25-43(5,52-9)38(57-41-37(35(45(6)7)24-30(2)55-41)56-40(50)34-18-14-11-15-19-34)31(3)36(48)32(4)39(49)54-28-44(46(8)26-29)20-22-47(23-21-44)42(51)53-27-33-16-12-10-13-17-33/h10-19,29-32,35,37-38,41H,20-28H2,1-9H3/t29-,30-,31+,32?,35+,37-,38-,41+,43-/m1/s1. The zero-order valence-electron chi connectivity index (χ0n) is 35.2. The van der Waals surface area contributed by atoms with Crippen molar-refractivity contribution in [3.63, 3.8) is 0 Å². The summed E-state index contributed by atoms with van der Waals surface area (Å²) in [6.07, 6.45) is -1.27. The molecule has 9 atom stereocenters. The molecule has 3 heterocycles. The van der Waals surface area contributed by atoms with Crippen LogP contribution in [0.5, 0.6) is 0 Å². The van der Waals surface area contributed by atoms with Crippen LogP contribution in [0.3, 0.4) is 0 Å². The second-order valence-electron chi connectivity index (χ2n) is 16.9. The number of esters is 2. The number of hydrogen-bond donors (Lipinski definition) is 0. The Morgan fingerprint density at radius 2 is 1.58 bits per heavy atom. The largest absolute Gasteiger partial charge is 0.463 e. The molecule has 1 spiro atoms. The monoisotopic (exact) mass is 793 g/mol. The number of carbonyl (C=O) groups excluding carboxylic acids is 4. The lowest BCUT2D eigenvalue weighted by Gasteiger charge is -2.48. The van der Waals surface area contributed by atoms with E-state index in [1.54, 1.807) is 50.1 Å². The van der Waals surface area contributed by atoms with Crippen LogP contribution in [0.1, 0.15) is 76.2 Å². The van der Waals surface area contributed by atoms with Gasteiger partial charge in [0.2, 0.25) is 0 Å². The van der Waals surface area contributed by atoms with E-state index in [9.17, 15) is 19.2 Å². The Bertz CT molecular complexity index is 1650. The van der Waals surface area contributed by atoms with E-state index in [1.807, 2.05) is 76.3 Å². The molecule has 314 valence electrons. The predicted octanol–water partition coefficient (Wildman–Crippen LogP) is 5.59. The highest BCUT2D eigenvalue weighted by Gasteiger charge is 2.51.